The topological polar surface area (TPSA) is 100 Å². The number of hydrogen-bond acceptors (Lipinski definition) is 6. The Balaban J connectivity index is 2.26. The van der Waals surface area contributed by atoms with Crippen LogP contribution >= 0.6 is 0 Å². The van der Waals surface area contributed by atoms with E-state index in [-0.39, 0.29) is 34.0 Å². The van der Waals surface area contributed by atoms with Crippen LogP contribution in [0.4, 0.5) is 0 Å². The van der Waals surface area contributed by atoms with Gasteiger partial charge in [0.2, 0.25) is 11.2 Å². The minimum Gasteiger partial charge on any atom is -0.508 e. The number of fused-ring (bicyclic) bond motifs is 1. The van der Waals surface area contributed by atoms with Crippen LogP contribution in [-0.4, -0.2) is 21.9 Å². The monoisotopic (exact) mass is 328 g/mol. The molecule has 1 aromatic heterocycles. The second-order valence-electron chi connectivity index (χ2n) is 5.32. The maximum absolute atomic E-state index is 12.6. The molecule has 0 bridgehead atoms. The maximum atomic E-state index is 12.6. The van der Waals surface area contributed by atoms with Gasteiger partial charge in [-0.15, -0.1) is 0 Å². The number of benzene rings is 2. The van der Waals surface area contributed by atoms with E-state index in [1.165, 1.54) is 36.4 Å². The summed E-state index contributed by atoms with van der Waals surface area (Å²) in [5.41, 5.74) is -0.124. The third kappa shape index (κ3) is 2.74. The molecule has 24 heavy (non-hydrogen) atoms. The Labute approximate surface area is 137 Å². The molecule has 124 valence electrons. The number of ether oxygens (including phenoxy) is 1. The van der Waals surface area contributed by atoms with Crippen molar-refractivity contribution in [1.29, 1.82) is 0 Å². The van der Waals surface area contributed by atoms with Crippen LogP contribution in [0.3, 0.4) is 0 Å². The maximum Gasteiger partial charge on any atom is 0.238 e. The van der Waals surface area contributed by atoms with Crippen LogP contribution in [0.25, 0.3) is 22.3 Å². The fourth-order valence-corrected chi connectivity index (χ4v) is 2.39. The zero-order chi connectivity index (χ0) is 17.3. The molecule has 0 spiro atoms. The summed E-state index contributed by atoms with van der Waals surface area (Å²) in [4.78, 5) is 12.6. The first-order valence-electron chi connectivity index (χ1n) is 7.46. The van der Waals surface area contributed by atoms with Crippen LogP contribution < -0.4 is 10.2 Å². The molecular formula is C18H16O6. The van der Waals surface area contributed by atoms with Gasteiger partial charge in [0.15, 0.2) is 5.76 Å². The Kier molecular flexibility index (Phi) is 4.04. The molecule has 0 amide bonds. The Bertz CT molecular complexity index is 940. The Hall–Kier alpha value is -3.15. The van der Waals surface area contributed by atoms with E-state index in [1.807, 2.05) is 6.92 Å². The van der Waals surface area contributed by atoms with Gasteiger partial charge >= 0.3 is 0 Å². The molecule has 1 heterocycles. The summed E-state index contributed by atoms with van der Waals surface area (Å²) >= 11 is 0. The molecule has 3 rings (SSSR count). The third-order valence-corrected chi connectivity index (χ3v) is 3.51. The van der Waals surface area contributed by atoms with E-state index in [1.54, 1.807) is 0 Å². The molecule has 2 aromatic carbocycles. The van der Waals surface area contributed by atoms with Crippen LogP contribution in [0, 0.1) is 0 Å². The van der Waals surface area contributed by atoms with Gasteiger partial charge in [0.05, 0.1) is 6.61 Å². The normalized spacial score (nSPS) is 10.9. The lowest BCUT2D eigenvalue weighted by Crippen LogP contribution is -2.06. The molecule has 6 heteroatoms. The van der Waals surface area contributed by atoms with E-state index in [0.29, 0.717) is 12.2 Å². The van der Waals surface area contributed by atoms with Gasteiger partial charge in [-0.2, -0.15) is 0 Å². The van der Waals surface area contributed by atoms with Crippen LogP contribution in [-0.2, 0) is 0 Å². The van der Waals surface area contributed by atoms with Crippen molar-refractivity contribution in [2.24, 2.45) is 0 Å². The minimum absolute atomic E-state index is 0.0421. The van der Waals surface area contributed by atoms with E-state index in [9.17, 15) is 20.1 Å². The molecule has 0 atom stereocenters. The molecule has 0 radical (unpaired) electrons. The summed E-state index contributed by atoms with van der Waals surface area (Å²) in [6.45, 7) is 2.27. The highest BCUT2D eigenvalue weighted by atomic mass is 16.5. The SMILES string of the molecule is CCCOc1cc(O)cc2oc(-c3ccc(O)cc3)c(O)c(=O)c12. The molecule has 3 aromatic rings. The predicted octanol–water partition coefficient (Wildman–Crippen LogP) is 3.37. The Morgan fingerprint density at radius 1 is 1.04 bits per heavy atom. The van der Waals surface area contributed by atoms with Gasteiger partial charge in [-0.05, 0) is 30.7 Å². The second kappa shape index (κ2) is 6.16. The molecule has 3 N–H and O–H groups in total. The lowest BCUT2D eigenvalue weighted by atomic mass is 10.1. The van der Waals surface area contributed by atoms with Crippen molar-refractivity contribution in [3.8, 4) is 34.3 Å². The lowest BCUT2D eigenvalue weighted by Gasteiger charge is -2.11. The highest BCUT2D eigenvalue weighted by molar-refractivity contribution is 5.88. The van der Waals surface area contributed by atoms with E-state index < -0.39 is 11.2 Å². The second-order valence-corrected chi connectivity index (χ2v) is 5.32. The van der Waals surface area contributed by atoms with Gasteiger partial charge in [0.25, 0.3) is 0 Å². The zero-order valence-corrected chi connectivity index (χ0v) is 12.9. The molecule has 0 saturated carbocycles. The Morgan fingerprint density at radius 3 is 2.42 bits per heavy atom. The molecule has 0 aliphatic heterocycles. The first-order valence-corrected chi connectivity index (χ1v) is 7.46. The lowest BCUT2D eigenvalue weighted by molar-refractivity contribution is 0.318. The van der Waals surface area contributed by atoms with E-state index in [0.717, 1.165) is 6.42 Å². The summed E-state index contributed by atoms with van der Waals surface area (Å²) in [5.74, 6) is -0.499. The number of rotatable bonds is 4. The minimum atomic E-state index is -0.648. The molecule has 0 saturated heterocycles. The Morgan fingerprint density at radius 2 is 1.75 bits per heavy atom. The largest absolute Gasteiger partial charge is 0.508 e. The van der Waals surface area contributed by atoms with Crippen molar-refractivity contribution in [2.45, 2.75) is 13.3 Å². The highest BCUT2D eigenvalue weighted by Crippen LogP contribution is 2.35. The quantitative estimate of drug-likeness (QED) is 0.679. The van der Waals surface area contributed by atoms with E-state index >= 15 is 0 Å². The van der Waals surface area contributed by atoms with Gasteiger partial charge in [-0.25, -0.2) is 0 Å². The van der Waals surface area contributed by atoms with Crippen LogP contribution in [0.15, 0.2) is 45.6 Å². The van der Waals surface area contributed by atoms with Crippen molar-refractivity contribution in [3.63, 3.8) is 0 Å². The van der Waals surface area contributed by atoms with Crippen LogP contribution in [0.2, 0.25) is 0 Å². The highest BCUT2D eigenvalue weighted by Gasteiger charge is 2.19. The van der Waals surface area contributed by atoms with Gasteiger partial charge < -0.3 is 24.5 Å². The van der Waals surface area contributed by atoms with Gasteiger partial charge in [0, 0.05) is 17.7 Å². The molecule has 0 aliphatic carbocycles. The van der Waals surface area contributed by atoms with Crippen molar-refractivity contribution < 1.29 is 24.5 Å². The van der Waals surface area contributed by atoms with Gasteiger partial charge in [-0.1, -0.05) is 6.92 Å². The summed E-state index contributed by atoms with van der Waals surface area (Å²) in [6.07, 6.45) is 0.722. The number of phenolic OH excluding ortho intramolecular Hbond substituents is 2. The third-order valence-electron chi connectivity index (χ3n) is 3.51. The van der Waals surface area contributed by atoms with Crippen molar-refractivity contribution in [2.75, 3.05) is 6.61 Å². The standard InChI is InChI=1S/C18H16O6/c1-2-7-23-13-8-12(20)9-14-15(13)16(21)17(22)18(24-14)10-3-5-11(19)6-4-10/h3-6,8-9,19-20,22H,2,7H2,1H3. The number of hydrogen-bond donors (Lipinski definition) is 3. The smallest absolute Gasteiger partial charge is 0.238 e. The summed E-state index contributed by atoms with van der Waals surface area (Å²) in [6, 6.07) is 8.45. The molecule has 0 fully saturated rings. The molecule has 0 unspecified atom stereocenters. The number of aromatic hydroxyl groups is 3. The van der Waals surface area contributed by atoms with Crippen molar-refractivity contribution >= 4 is 11.0 Å². The van der Waals surface area contributed by atoms with E-state index in [4.69, 9.17) is 9.15 Å². The molecule has 0 aliphatic rings. The van der Waals surface area contributed by atoms with Crippen molar-refractivity contribution in [3.05, 3.63) is 46.6 Å². The first-order chi connectivity index (χ1) is 11.5. The summed E-state index contributed by atoms with van der Waals surface area (Å²) in [7, 11) is 0. The molecule has 6 nitrogen and oxygen atoms in total. The predicted molar refractivity (Wildman–Crippen MR) is 88.7 cm³/mol. The average molecular weight is 328 g/mol. The van der Waals surface area contributed by atoms with Gasteiger partial charge in [-0.3, -0.25) is 4.79 Å². The van der Waals surface area contributed by atoms with E-state index in [2.05, 4.69) is 0 Å². The molecular weight excluding hydrogens is 312 g/mol. The van der Waals surface area contributed by atoms with Crippen LogP contribution in [0.5, 0.6) is 23.0 Å². The van der Waals surface area contributed by atoms with Crippen molar-refractivity contribution in [1.82, 2.24) is 0 Å². The number of phenols is 2. The van der Waals surface area contributed by atoms with Gasteiger partial charge in [0.1, 0.15) is 28.2 Å². The summed E-state index contributed by atoms with van der Waals surface area (Å²) < 4.78 is 11.1. The fraction of sp³-hybridized carbons (Fsp3) is 0.167. The summed E-state index contributed by atoms with van der Waals surface area (Å²) in [5, 5.41) is 29.5. The van der Waals surface area contributed by atoms with Crippen LogP contribution in [0.1, 0.15) is 13.3 Å². The average Bonchev–Trinajstić information content (AvgIpc) is 2.56. The first kappa shape index (κ1) is 15.7. The zero-order valence-electron chi connectivity index (χ0n) is 12.9. The fourth-order valence-electron chi connectivity index (χ4n) is 2.39.